The first-order chi connectivity index (χ1) is 10.8. The maximum Gasteiger partial charge on any atom is 0.410 e. The standard InChI is InChI=1S/C17H29N3O2S/c1-12-15(23-11-18-12)13(2)19-14-7-6-9-20(10-8-14)16(21)22-17(3,4)5/h11,13-14,19H,6-10H2,1-5H3. The molecule has 0 aromatic carbocycles. The zero-order valence-corrected chi connectivity index (χ0v) is 15.7. The Labute approximate surface area is 143 Å². The summed E-state index contributed by atoms with van der Waals surface area (Å²) in [5, 5.41) is 3.70. The molecule has 1 aliphatic rings. The lowest BCUT2D eigenvalue weighted by molar-refractivity contribution is 0.0256. The molecule has 1 aromatic heterocycles. The number of nitrogens with zero attached hydrogens (tertiary/aromatic N) is 2. The smallest absolute Gasteiger partial charge is 0.410 e. The van der Waals surface area contributed by atoms with Gasteiger partial charge in [-0.3, -0.25) is 0 Å². The Bertz CT molecular complexity index is 524. The highest BCUT2D eigenvalue weighted by Crippen LogP contribution is 2.23. The Hall–Kier alpha value is -1.14. The average molecular weight is 340 g/mol. The van der Waals surface area contributed by atoms with Gasteiger partial charge in [-0.1, -0.05) is 0 Å². The first-order valence-corrected chi connectivity index (χ1v) is 9.28. The zero-order chi connectivity index (χ0) is 17.0. The van der Waals surface area contributed by atoms with Crippen LogP contribution in [0.5, 0.6) is 0 Å². The topological polar surface area (TPSA) is 54.5 Å². The largest absolute Gasteiger partial charge is 0.444 e. The SMILES string of the molecule is Cc1ncsc1C(C)NC1CCCN(C(=O)OC(C)(C)C)CC1. The maximum absolute atomic E-state index is 12.2. The molecule has 1 aliphatic heterocycles. The number of amides is 1. The molecule has 1 aromatic rings. The van der Waals surface area contributed by atoms with E-state index in [-0.39, 0.29) is 6.09 Å². The van der Waals surface area contributed by atoms with Gasteiger partial charge in [-0.2, -0.15) is 0 Å². The Morgan fingerprint density at radius 1 is 1.43 bits per heavy atom. The number of carbonyl (C=O) groups excluding carboxylic acids is 1. The van der Waals surface area contributed by atoms with Gasteiger partial charge in [-0.15, -0.1) is 11.3 Å². The van der Waals surface area contributed by atoms with E-state index in [1.54, 1.807) is 11.3 Å². The van der Waals surface area contributed by atoms with Gasteiger partial charge in [-0.05, 0) is 53.9 Å². The van der Waals surface area contributed by atoms with Crippen LogP contribution in [0.25, 0.3) is 0 Å². The van der Waals surface area contributed by atoms with E-state index >= 15 is 0 Å². The Morgan fingerprint density at radius 3 is 2.78 bits per heavy atom. The van der Waals surface area contributed by atoms with Crippen molar-refractivity contribution in [1.82, 2.24) is 15.2 Å². The minimum absolute atomic E-state index is 0.190. The molecule has 0 radical (unpaired) electrons. The van der Waals surface area contributed by atoms with Crippen molar-refractivity contribution in [3.05, 3.63) is 16.1 Å². The predicted molar refractivity (Wildman–Crippen MR) is 93.8 cm³/mol. The fraction of sp³-hybridized carbons (Fsp3) is 0.765. The highest BCUT2D eigenvalue weighted by Gasteiger charge is 2.26. The van der Waals surface area contributed by atoms with Crippen LogP contribution in [-0.4, -0.2) is 40.7 Å². The molecule has 1 fully saturated rings. The van der Waals surface area contributed by atoms with Crippen molar-refractivity contribution in [3.8, 4) is 0 Å². The normalized spacial score (nSPS) is 20.9. The molecule has 0 aliphatic carbocycles. The molecular formula is C17H29N3O2S. The Balaban J connectivity index is 1.86. The number of carbonyl (C=O) groups is 1. The van der Waals surface area contributed by atoms with Gasteiger partial charge in [0.05, 0.1) is 11.2 Å². The van der Waals surface area contributed by atoms with E-state index in [2.05, 4.69) is 24.1 Å². The van der Waals surface area contributed by atoms with Crippen molar-refractivity contribution < 1.29 is 9.53 Å². The minimum Gasteiger partial charge on any atom is -0.444 e. The summed E-state index contributed by atoms with van der Waals surface area (Å²) in [7, 11) is 0. The van der Waals surface area contributed by atoms with Crippen LogP contribution in [0, 0.1) is 6.92 Å². The third-order valence-electron chi connectivity index (χ3n) is 4.04. The summed E-state index contributed by atoms with van der Waals surface area (Å²) >= 11 is 1.71. The summed E-state index contributed by atoms with van der Waals surface area (Å²) in [5.41, 5.74) is 2.58. The molecule has 2 rings (SSSR count). The summed E-state index contributed by atoms with van der Waals surface area (Å²) in [6.45, 7) is 11.5. The number of thiazole rings is 1. The van der Waals surface area contributed by atoms with E-state index in [1.165, 1.54) is 4.88 Å². The van der Waals surface area contributed by atoms with Gasteiger partial charge >= 0.3 is 6.09 Å². The van der Waals surface area contributed by atoms with Crippen molar-refractivity contribution in [2.45, 2.75) is 71.6 Å². The third-order valence-corrected chi connectivity index (χ3v) is 5.16. The molecule has 2 heterocycles. The maximum atomic E-state index is 12.2. The molecule has 6 heteroatoms. The number of ether oxygens (including phenoxy) is 1. The monoisotopic (exact) mass is 339 g/mol. The van der Waals surface area contributed by atoms with Crippen LogP contribution in [0.15, 0.2) is 5.51 Å². The summed E-state index contributed by atoms with van der Waals surface area (Å²) in [5.74, 6) is 0. The molecule has 0 spiro atoms. The molecule has 1 amide bonds. The lowest BCUT2D eigenvalue weighted by Gasteiger charge is -2.26. The van der Waals surface area contributed by atoms with E-state index in [1.807, 2.05) is 31.2 Å². The van der Waals surface area contributed by atoms with Crippen molar-refractivity contribution in [2.24, 2.45) is 0 Å². The molecule has 0 saturated carbocycles. The fourth-order valence-corrected chi connectivity index (χ4v) is 3.75. The number of rotatable bonds is 3. The van der Waals surface area contributed by atoms with Crippen LogP contribution in [0.3, 0.4) is 0 Å². The molecule has 1 saturated heterocycles. The molecule has 23 heavy (non-hydrogen) atoms. The zero-order valence-electron chi connectivity index (χ0n) is 14.9. The van der Waals surface area contributed by atoms with Gasteiger partial charge in [0.15, 0.2) is 0 Å². The van der Waals surface area contributed by atoms with Crippen molar-refractivity contribution in [1.29, 1.82) is 0 Å². The van der Waals surface area contributed by atoms with Gasteiger partial charge in [0.25, 0.3) is 0 Å². The molecule has 2 atom stereocenters. The van der Waals surface area contributed by atoms with E-state index in [0.29, 0.717) is 12.1 Å². The third kappa shape index (κ3) is 5.46. The lowest BCUT2D eigenvalue weighted by atomic mass is 10.1. The van der Waals surface area contributed by atoms with E-state index < -0.39 is 5.60 Å². The second kappa shape index (κ2) is 7.62. The first-order valence-electron chi connectivity index (χ1n) is 8.40. The number of hydrogen-bond acceptors (Lipinski definition) is 5. The molecular weight excluding hydrogens is 310 g/mol. The fourth-order valence-electron chi connectivity index (χ4n) is 2.93. The molecule has 130 valence electrons. The van der Waals surface area contributed by atoms with Gasteiger partial charge in [0.1, 0.15) is 5.60 Å². The molecule has 2 unspecified atom stereocenters. The lowest BCUT2D eigenvalue weighted by Crippen LogP contribution is -2.38. The Morgan fingerprint density at radius 2 is 2.17 bits per heavy atom. The molecule has 0 bridgehead atoms. The van der Waals surface area contributed by atoms with Crippen LogP contribution in [0.1, 0.15) is 63.6 Å². The van der Waals surface area contributed by atoms with E-state index in [0.717, 1.165) is 38.0 Å². The first kappa shape index (κ1) is 18.2. The van der Waals surface area contributed by atoms with Crippen molar-refractivity contribution >= 4 is 17.4 Å². The second-order valence-corrected chi connectivity index (χ2v) is 8.17. The molecule has 5 nitrogen and oxygen atoms in total. The molecule has 1 N–H and O–H groups in total. The van der Waals surface area contributed by atoms with Crippen LogP contribution >= 0.6 is 11.3 Å². The highest BCUT2D eigenvalue weighted by atomic mass is 32.1. The summed E-state index contributed by atoms with van der Waals surface area (Å²) < 4.78 is 5.48. The Kier molecular flexibility index (Phi) is 6.03. The second-order valence-electron chi connectivity index (χ2n) is 7.29. The van der Waals surface area contributed by atoms with Crippen LogP contribution < -0.4 is 5.32 Å². The number of nitrogens with one attached hydrogen (secondary N) is 1. The number of aromatic nitrogens is 1. The summed E-state index contributed by atoms with van der Waals surface area (Å²) in [4.78, 5) is 19.7. The number of likely N-dealkylation sites (tertiary alicyclic amines) is 1. The predicted octanol–water partition coefficient (Wildman–Crippen LogP) is 3.89. The van der Waals surface area contributed by atoms with Crippen LogP contribution in [0.4, 0.5) is 4.79 Å². The van der Waals surface area contributed by atoms with E-state index in [9.17, 15) is 4.79 Å². The van der Waals surface area contributed by atoms with Gasteiger partial charge in [-0.25, -0.2) is 9.78 Å². The minimum atomic E-state index is -0.431. The van der Waals surface area contributed by atoms with Crippen molar-refractivity contribution in [3.63, 3.8) is 0 Å². The van der Waals surface area contributed by atoms with Crippen LogP contribution in [-0.2, 0) is 4.74 Å². The number of aryl methyl sites for hydroxylation is 1. The van der Waals surface area contributed by atoms with Crippen molar-refractivity contribution in [2.75, 3.05) is 13.1 Å². The van der Waals surface area contributed by atoms with E-state index in [4.69, 9.17) is 4.74 Å². The average Bonchev–Trinajstić information content (AvgIpc) is 2.72. The summed E-state index contributed by atoms with van der Waals surface area (Å²) in [6, 6.07) is 0.736. The van der Waals surface area contributed by atoms with Gasteiger partial charge in [0.2, 0.25) is 0 Å². The number of hydrogen-bond donors (Lipinski definition) is 1. The highest BCUT2D eigenvalue weighted by molar-refractivity contribution is 7.09. The van der Waals surface area contributed by atoms with Gasteiger partial charge < -0.3 is 15.0 Å². The summed E-state index contributed by atoms with van der Waals surface area (Å²) in [6.07, 6.45) is 2.86. The quantitative estimate of drug-likeness (QED) is 0.907. The van der Waals surface area contributed by atoms with Crippen LogP contribution in [0.2, 0.25) is 0 Å². The van der Waals surface area contributed by atoms with Gasteiger partial charge in [0, 0.05) is 30.1 Å².